The van der Waals surface area contributed by atoms with Gasteiger partial charge in [-0.3, -0.25) is 9.59 Å². The normalized spacial score (nSPS) is 16.6. The van der Waals surface area contributed by atoms with Crippen LogP contribution in [0, 0.1) is 5.92 Å². The molecule has 1 fully saturated rings. The van der Waals surface area contributed by atoms with Crippen molar-refractivity contribution >= 4 is 22.6 Å². The van der Waals surface area contributed by atoms with Crippen molar-refractivity contribution in [1.29, 1.82) is 0 Å². The van der Waals surface area contributed by atoms with Crippen molar-refractivity contribution in [3.8, 4) is 5.75 Å². The number of primary amides is 1. The molecule has 1 atom stereocenters. The van der Waals surface area contributed by atoms with E-state index in [2.05, 4.69) is 0 Å². The molecule has 3 rings (SSSR count). The number of hydrogen-bond donors (Lipinski definition) is 1. The molecule has 0 spiro atoms. The van der Waals surface area contributed by atoms with Crippen molar-refractivity contribution < 1.29 is 14.3 Å². The molecule has 2 amide bonds. The first-order chi connectivity index (χ1) is 12.1. The van der Waals surface area contributed by atoms with Gasteiger partial charge >= 0.3 is 0 Å². The summed E-state index contributed by atoms with van der Waals surface area (Å²) in [4.78, 5) is 25.9. The minimum absolute atomic E-state index is 0.0154. The van der Waals surface area contributed by atoms with Gasteiger partial charge in [-0.05, 0) is 30.7 Å². The van der Waals surface area contributed by atoms with Gasteiger partial charge < -0.3 is 15.4 Å². The molecular weight excluding hydrogens is 316 g/mol. The lowest BCUT2D eigenvalue weighted by Gasteiger charge is -2.33. The van der Waals surface area contributed by atoms with Crippen LogP contribution in [0.1, 0.15) is 26.2 Å². The fraction of sp³-hybridized carbons (Fsp3) is 0.400. The molecule has 0 bridgehead atoms. The second-order valence-electron chi connectivity index (χ2n) is 6.49. The predicted octanol–water partition coefficient (Wildman–Crippen LogP) is 2.72. The first-order valence-electron chi connectivity index (χ1n) is 8.82. The molecule has 2 aromatic carbocycles. The van der Waals surface area contributed by atoms with E-state index in [1.165, 1.54) is 0 Å². The molecule has 0 aliphatic carbocycles. The highest BCUT2D eigenvalue weighted by atomic mass is 16.5. The molecule has 5 heteroatoms. The number of benzene rings is 2. The molecule has 1 heterocycles. The number of carbonyl (C=O) groups is 2. The van der Waals surface area contributed by atoms with E-state index in [0.717, 1.165) is 16.5 Å². The van der Waals surface area contributed by atoms with Crippen molar-refractivity contribution in [1.82, 2.24) is 4.90 Å². The lowest BCUT2D eigenvalue weighted by Crippen LogP contribution is -2.47. The molecule has 5 nitrogen and oxygen atoms in total. The van der Waals surface area contributed by atoms with Crippen LogP contribution in [0.15, 0.2) is 42.5 Å². The molecule has 0 saturated carbocycles. The molecule has 1 aliphatic rings. The number of ether oxygens (including phenoxy) is 1. The van der Waals surface area contributed by atoms with Crippen molar-refractivity contribution in [3.05, 3.63) is 42.5 Å². The van der Waals surface area contributed by atoms with Crippen LogP contribution in [-0.4, -0.2) is 35.9 Å². The molecule has 2 aromatic rings. The third-order valence-electron chi connectivity index (χ3n) is 4.87. The minimum atomic E-state index is -0.518. The summed E-state index contributed by atoms with van der Waals surface area (Å²) in [5, 5.41) is 2.09. The van der Waals surface area contributed by atoms with Crippen molar-refractivity contribution in [3.63, 3.8) is 0 Å². The summed E-state index contributed by atoms with van der Waals surface area (Å²) in [6.07, 6.45) is 1.34. The summed E-state index contributed by atoms with van der Waals surface area (Å²) in [6, 6.07) is 13.8. The lowest BCUT2D eigenvalue weighted by molar-refractivity contribution is -0.141. The quantitative estimate of drug-likeness (QED) is 0.909. The second kappa shape index (κ2) is 7.55. The molecular formula is C20H24N2O3. The summed E-state index contributed by atoms with van der Waals surface area (Å²) in [5.74, 6) is 0.318. The number of nitrogens with two attached hydrogens (primary N) is 1. The maximum atomic E-state index is 12.8. The lowest BCUT2D eigenvalue weighted by atomic mass is 9.96. The Morgan fingerprint density at radius 1 is 1.16 bits per heavy atom. The van der Waals surface area contributed by atoms with Gasteiger partial charge in [0.2, 0.25) is 5.91 Å². The van der Waals surface area contributed by atoms with E-state index < -0.39 is 6.10 Å². The van der Waals surface area contributed by atoms with Gasteiger partial charge in [0.25, 0.3) is 5.91 Å². The van der Waals surface area contributed by atoms with Crippen LogP contribution in [0.2, 0.25) is 0 Å². The van der Waals surface area contributed by atoms with Crippen LogP contribution in [0.5, 0.6) is 5.75 Å². The molecule has 2 N–H and O–H groups in total. The Hall–Kier alpha value is -2.56. The van der Waals surface area contributed by atoms with Crippen LogP contribution in [0.25, 0.3) is 10.8 Å². The smallest absolute Gasteiger partial charge is 0.263 e. The predicted molar refractivity (Wildman–Crippen MR) is 97.2 cm³/mol. The topological polar surface area (TPSA) is 72.6 Å². The molecule has 1 saturated heterocycles. The van der Waals surface area contributed by atoms with Crippen LogP contribution in [0.4, 0.5) is 0 Å². The van der Waals surface area contributed by atoms with Gasteiger partial charge in [-0.25, -0.2) is 0 Å². The van der Waals surface area contributed by atoms with Gasteiger partial charge in [-0.2, -0.15) is 0 Å². The van der Waals surface area contributed by atoms with E-state index >= 15 is 0 Å². The van der Waals surface area contributed by atoms with E-state index in [-0.39, 0.29) is 17.7 Å². The molecule has 132 valence electrons. The highest BCUT2D eigenvalue weighted by Gasteiger charge is 2.30. The Balaban J connectivity index is 1.72. The number of nitrogens with zero attached hydrogens (tertiary/aromatic N) is 1. The standard InChI is InChI=1S/C20H24N2O3/c1-2-17(20(24)22-12-10-15(11-13-22)19(21)23)25-18-9-5-7-14-6-3-4-8-16(14)18/h3-9,15,17H,2,10-13H2,1H3,(H2,21,23)/t17-/m1/s1. The van der Waals surface area contributed by atoms with Crippen LogP contribution in [-0.2, 0) is 9.59 Å². The highest BCUT2D eigenvalue weighted by molar-refractivity contribution is 5.89. The van der Waals surface area contributed by atoms with Gasteiger partial charge in [0.1, 0.15) is 5.75 Å². The fourth-order valence-electron chi connectivity index (χ4n) is 3.35. The maximum Gasteiger partial charge on any atom is 0.263 e. The number of likely N-dealkylation sites (tertiary alicyclic amines) is 1. The molecule has 0 aromatic heterocycles. The third-order valence-corrected chi connectivity index (χ3v) is 4.87. The van der Waals surface area contributed by atoms with Crippen LogP contribution >= 0.6 is 0 Å². The summed E-state index contributed by atoms with van der Waals surface area (Å²) in [6.45, 7) is 3.06. The van der Waals surface area contributed by atoms with Gasteiger partial charge in [0.05, 0.1) is 0 Å². The minimum Gasteiger partial charge on any atom is -0.480 e. The number of fused-ring (bicyclic) bond motifs is 1. The van der Waals surface area contributed by atoms with E-state index in [1.54, 1.807) is 4.90 Å². The Kier molecular flexibility index (Phi) is 5.22. The molecule has 25 heavy (non-hydrogen) atoms. The van der Waals surface area contributed by atoms with Crippen LogP contribution < -0.4 is 10.5 Å². The van der Waals surface area contributed by atoms with Gasteiger partial charge in [-0.15, -0.1) is 0 Å². The van der Waals surface area contributed by atoms with Gasteiger partial charge in [0.15, 0.2) is 6.10 Å². The first kappa shape index (κ1) is 17.3. The Morgan fingerprint density at radius 3 is 2.52 bits per heavy atom. The van der Waals surface area contributed by atoms with E-state index in [0.29, 0.717) is 32.4 Å². The van der Waals surface area contributed by atoms with E-state index in [9.17, 15) is 9.59 Å². The monoisotopic (exact) mass is 340 g/mol. The number of carbonyl (C=O) groups excluding carboxylic acids is 2. The Labute approximate surface area is 147 Å². The molecule has 0 radical (unpaired) electrons. The Morgan fingerprint density at radius 2 is 1.84 bits per heavy atom. The fourth-order valence-corrected chi connectivity index (χ4v) is 3.35. The Bertz CT molecular complexity index is 761. The summed E-state index contributed by atoms with van der Waals surface area (Å²) in [5.41, 5.74) is 5.36. The number of piperidine rings is 1. The number of amides is 2. The van der Waals surface area contributed by atoms with Crippen molar-refractivity contribution in [2.45, 2.75) is 32.3 Å². The summed E-state index contributed by atoms with van der Waals surface area (Å²) < 4.78 is 6.08. The van der Waals surface area contributed by atoms with Crippen molar-refractivity contribution in [2.24, 2.45) is 11.7 Å². The summed E-state index contributed by atoms with van der Waals surface area (Å²) >= 11 is 0. The second-order valence-corrected chi connectivity index (χ2v) is 6.49. The van der Waals surface area contributed by atoms with Crippen molar-refractivity contribution in [2.75, 3.05) is 13.1 Å². The van der Waals surface area contributed by atoms with Crippen LogP contribution in [0.3, 0.4) is 0 Å². The largest absolute Gasteiger partial charge is 0.480 e. The van der Waals surface area contributed by atoms with E-state index in [1.807, 2.05) is 49.4 Å². The SMILES string of the molecule is CC[C@@H](Oc1cccc2ccccc12)C(=O)N1CCC(C(N)=O)CC1. The average molecular weight is 340 g/mol. The maximum absolute atomic E-state index is 12.8. The average Bonchev–Trinajstić information content (AvgIpc) is 2.65. The zero-order valence-electron chi connectivity index (χ0n) is 14.5. The number of hydrogen-bond acceptors (Lipinski definition) is 3. The van der Waals surface area contributed by atoms with Gasteiger partial charge in [-0.1, -0.05) is 43.3 Å². The zero-order chi connectivity index (χ0) is 17.8. The molecule has 0 unspecified atom stereocenters. The van der Waals surface area contributed by atoms with Gasteiger partial charge in [0, 0.05) is 24.4 Å². The number of rotatable bonds is 5. The first-order valence-corrected chi connectivity index (χ1v) is 8.82. The third kappa shape index (κ3) is 3.76. The highest BCUT2D eigenvalue weighted by Crippen LogP contribution is 2.27. The zero-order valence-corrected chi connectivity index (χ0v) is 14.5. The molecule has 1 aliphatic heterocycles. The summed E-state index contributed by atoms with van der Waals surface area (Å²) in [7, 11) is 0. The van der Waals surface area contributed by atoms with E-state index in [4.69, 9.17) is 10.5 Å².